The quantitative estimate of drug-likeness (QED) is 0.830. The van der Waals surface area contributed by atoms with Gasteiger partial charge in [-0.05, 0) is 25.7 Å². The van der Waals surface area contributed by atoms with Gasteiger partial charge in [0.25, 0.3) is 0 Å². The van der Waals surface area contributed by atoms with Crippen LogP contribution in [0, 0.1) is 5.92 Å². The molecule has 3 nitrogen and oxygen atoms in total. The minimum absolute atomic E-state index is 0.223. The molecule has 0 saturated heterocycles. The highest BCUT2D eigenvalue weighted by atomic mass is 19.4. The van der Waals surface area contributed by atoms with E-state index in [-0.39, 0.29) is 11.7 Å². The van der Waals surface area contributed by atoms with E-state index in [1.165, 1.54) is 0 Å². The van der Waals surface area contributed by atoms with Gasteiger partial charge in [0.15, 0.2) is 5.69 Å². The summed E-state index contributed by atoms with van der Waals surface area (Å²) < 4.78 is 38.9. The minimum Gasteiger partial charge on any atom is -0.396 e. The Kier molecular flexibility index (Phi) is 2.17. The lowest BCUT2D eigenvalue weighted by Gasteiger charge is -2.16. The number of anilines is 1. The van der Waals surface area contributed by atoms with E-state index in [1.54, 1.807) is 6.92 Å². The molecule has 0 spiro atoms. The van der Waals surface area contributed by atoms with E-state index >= 15 is 0 Å². The van der Waals surface area contributed by atoms with Crippen molar-refractivity contribution in [2.45, 2.75) is 32.0 Å². The van der Waals surface area contributed by atoms with Gasteiger partial charge < -0.3 is 5.73 Å². The predicted molar refractivity (Wildman–Crippen MR) is 49.1 cm³/mol. The first-order valence-corrected chi connectivity index (χ1v) is 4.81. The van der Waals surface area contributed by atoms with Gasteiger partial charge in [-0.15, -0.1) is 0 Å². The molecule has 6 heteroatoms. The third-order valence-corrected chi connectivity index (χ3v) is 2.78. The van der Waals surface area contributed by atoms with E-state index in [4.69, 9.17) is 5.73 Å². The van der Waals surface area contributed by atoms with Crippen molar-refractivity contribution in [2.24, 2.45) is 5.92 Å². The molecule has 1 saturated carbocycles. The average Bonchev–Trinajstić information content (AvgIpc) is 2.86. The zero-order valence-corrected chi connectivity index (χ0v) is 8.25. The molecule has 0 radical (unpaired) electrons. The van der Waals surface area contributed by atoms with E-state index < -0.39 is 11.9 Å². The molecule has 2 rings (SSSR count). The van der Waals surface area contributed by atoms with Crippen molar-refractivity contribution in [1.82, 2.24) is 9.78 Å². The molecule has 1 fully saturated rings. The van der Waals surface area contributed by atoms with Crippen molar-refractivity contribution in [1.29, 1.82) is 0 Å². The lowest BCUT2D eigenvalue weighted by molar-refractivity contribution is -0.144. The van der Waals surface area contributed by atoms with Crippen LogP contribution in [0.5, 0.6) is 0 Å². The molecule has 0 aliphatic heterocycles. The summed E-state index contributed by atoms with van der Waals surface area (Å²) in [5, 5.41) is 3.72. The first-order valence-electron chi connectivity index (χ1n) is 4.81. The van der Waals surface area contributed by atoms with E-state index in [1.807, 2.05) is 0 Å². The van der Waals surface area contributed by atoms with Gasteiger partial charge in [-0.2, -0.15) is 18.3 Å². The van der Waals surface area contributed by atoms with Crippen molar-refractivity contribution < 1.29 is 13.2 Å². The highest BCUT2D eigenvalue weighted by molar-refractivity contribution is 5.43. The first-order chi connectivity index (χ1) is 6.91. The Morgan fingerprint density at radius 2 is 2.13 bits per heavy atom. The zero-order chi connectivity index (χ0) is 11.2. The fraction of sp³-hybridized carbons (Fsp3) is 0.667. The topological polar surface area (TPSA) is 43.8 Å². The second-order valence-electron chi connectivity index (χ2n) is 3.97. The molecule has 2 N–H and O–H groups in total. The Morgan fingerprint density at radius 3 is 2.60 bits per heavy atom. The average molecular weight is 219 g/mol. The van der Waals surface area contributed by atoms with Crippen LogP contribution in [-0.4, -0.2) is 9.78 Å². The van der Waals surface area contributed by atoms with Crippen LogP contribution in [0.25, 0.3) is 0 Å². The third kappa shape index (κ3) is 1.80. The Labute approximate surface area is 85.1 Å². The Morgan fingerprint density at radius 1 is 1.53 bits per heavy atom. The molecule has 0 bridgehead atoms. The maximum absolute atomic E-state index is 12.6. The number of nitrogen functional groups attached to an aromatic ring is 1. The van der Waals surface area contributed by atoms with Crippen LogP contribution in [0.15, 0.2) is 6.20 Å². The van der Waals surface area contributed by atoms with Crippen LogP contribution in [0.3, 0.4) is 0 Å². The summed E-state index contributed by atoms with van der Waals surface area (Å²) in [6.45, 7) is 1.75. The Hall–Kier alpha value is -1.20. The van der Waals surface area contributed by atoms with Gasteiger partial charge >= 0.3 is 6.18 Å². The number of aromatic nitrogens is 2. The first kappa shape index (κ1) is 10.3. The molecule has 84 valence electrons. The van der Waals surface area contributed by atoms with Crippen LogP contribution in [0.1, 0.15) is 31.5 Å². The monoisotopic (exact) mass is 219 g/mol. The molecule has 1 heterocycles. The lowest BCUT2D eigenvalue weighted by atomic mass is 10.2. The van der Waals surface area contributed by atoms with Gasteiger partial charge in [-0.3, -0.25) is 4.68 Å². The van der Waals surface area contributed by atoms with Gasteiger partial charge in [0.2, 0.25) is 0 Å². The predicted octanol–water partition coefficient (Wildman–Crippen LogP) is 2.46. The smallest absolute Gasteiger partial charge is 0.396 e. The molecular formula is C9H12F3N3. The van der Waals surface area contributed by atoms with Gasteiger partial charge in [0.05, 0.1) is 17.9 Å². The minimum atomic E-state index is -4.43. The Bertz CT molecular complexity index is 365. The van der Waals surface area contributed by atoms with E-state index in [0.717, 1.165) is 23.7 Å². The number of nitrogens with zero attached hydrogens (tertiary/aromatic N) is 2. The standard InChI is InChI=1S/C9H12F3N3/c1-5(6-2-3-6)15-8(9(10,11)12)7(13)4-14-15/h4-6H,2-3,13H2,1H3. The maximum Gasteiger partial charge on any atom is 0.435 e. The highest BCUT2D eigenvalue weighted by Crippen LogP contribution is 2.42. The van der Waals surface area contributed by atoms with Crippen molar-refractivity contribution in [2.75, 3.05) is 5.73 Å². The summed E-state index contributed by atoms with van der Waals surface area (Å²) in [7, 11) is 0. The van der Waals surface area contributed by atoms with Crippen molar-refractivity contribution in [3.8, 4) is 0 Å². The second kappa shape index (κ2) is 3.15. The zero-order valence-electron chi connectivity index (χ0n) is 8.25. The normalized spacial score (nSPS) is 19.2. The van der Waals surface area contributed by atoms with Gasteiger partial charge in [0, 0.05) is 0 Å². The van der Waals surface area contributed by atoms with Crippen LogP contribution < -0.4 is 5.73 Å². The Balaban J connectivity index is 2.38. The van der Waals surface area contributed by atoms with Gasteiger partial charge in [0.1, 0.15) is 0 Å². The molecule has 1 aromatic heterocycles. The third-order valence-electron chi connectivity index (χ3n) is 2.78. The van der Waals surface area contributed by atoms with Crippen LogP contribution in [0.2, 0.25) is 0 Å². The van der Waals surface area contributed by atoms with Crippen molar-refractivity contribution in [3.05, 3.63) is 11.9 Å². The number of alkyl halides is 3. The fourth-order valence-corrected chi connectivity index (χ4v) is 1.76. The van der Waals surface area contributed by atoms with Crippen molar-refractivity contribution in [3.63, 3.8) is 0 Å². The van der Waals surface area contributed by atoms with Gasteiger partial charge in [-0.1, -0.05) is 0 Å². The molecule has 1 aromatic rings. The summed E-state index contributed by atoms with van der Waals surface area (Å²) in [5.41, 5.74) is 4.17. The fourth-order valence-electron chi connectivity index (χ4n) is 1.76. The van der Waals surface area contributed by atoms with Gasteiger partial charge in [-0.25, -0.2) is 0 Å². The SMILES string of the molecule is CC(C1CC1)n1ncc(N)c1C(F)(F)F. The molecule has 0 amide bonds. The molecule has 1 aliphatic rings. The summed E-state index contributed by atoms with van der Waals surface area (Å²) >= 11 is 0. The molecular weight excluding hydrogens is 207 g/mol. The van der Waals surface area contributed by atoms with Crippen LogP contribution in [0.4, 0.5) is 18.9 Å². The number of halogens is 3. The largest absolute Gasteiger partial charge is 0.435 e. The number of nitrogens with two attached hydrogens (primary N) is 1. The summed E-state index contributed by atoms with van der Waals surface area (Å²) in [4.78, 5) is 0. The van der Waals surface area contributed by atoms with E-state index in [9.17, 15) is 13.2 Å². The molecule has 1 unspecified atom stereocenters. The maximum atomic E-state index is 12.6. The molecule has 1 atom stereocenters. The number of hydrogen-bond donors (Lipinski definition) is 1. The van der Waals surface area contributed by atoms with Crippen LogP contribution in [-0.2, 0) is 6.18 Å². The summed E-state index contributed by atoms with van der Waals surface area (Å²) in [6.07, 6.45) is -1.41. The summed E-state index contributed by atoms with van der Waals surface area (Å²) in [5.74, 6) is 0.311. The summed E-state index contributed by atoms with van der Waals surface area (Å²) in [6, 6.07) is -0.223. The highest BCUT2D eigenvalue weighted by Gasteiger charge is 2.41. The second-order valence-corrected chi connectivity index (χ2v) is 3.97. The number of rotatable bonds is 2. The van der Waals surface area contributed by atoms with Crippen molar-refractivity contribution >= 4 is 5.69 Å². The molecule has 1 aliphatic carbocycles. The molecule has 0 aromatic carbocycles. The number of hydrogen-bond acceptors (Lipinski definition) is 2. The van der Waals surface area contributed by atoms with E-state index in [2.05, 4.69) is 5.10 Å². The van der Waals surface area contributed by atoms with Crippen LogP contribution >= 0.6 is 0 Å². The lowest BCUT2D eigenvalue weighted by Crippen LogP contribution is -2.20. The molecule has 15 heavy (non-hydrogen) atoms. The van der Waals surface area contributed by atoms with E-state index in [0.29, 0.717) is 5.92 Å².